The van der Waals surface area contributed by atoms with E-state index in [0.29, 0.717) is 34.8 Å². The molecule has 0 aliphatic carbocycles. The molecule has 0 aliphatic heterocycles. The fourth-order valence-corrected chi connectivity index (χ4v) is 2.42. The van der Waals surface area contributed by atoms with Crippen molar-refractivity contribution in [3.63, 3.8) is 0 Å². The number of hydrogen-bond acceptors (Lipinski definition) is 4. The molecular formula is C17H18Cl2N2O3. The van der Waals surface area contributed by atoms with Crippen LogP contribution in [0, 0.1) is 0 Å². The van der Waals surface area contributed by atoms with Crippen LogP contribution in [0.5, 0.6) is 11.6 Å². The molecule has 0 saturated heterocycles. The molecule has 24 heavy (non-hydrogen) atoms. The van der Waals surface area contributed by atoms with E-state index < -0.39 is 6.10 Å². The Morgan fingerprint density at radius 3 is 2.83 bits per heavy atom. The number of hydrogen-bond donors (Lipinski definition) is 1. The van der Waals surface area contributed by atoms with Crippen molar-refractivity contribution >= 4 is 29.1 Å². The van der Waals surface area contributed by atoms with Gasteiger partial charge in [0.05, 0.1) is 11.6 Å². The number of carbonyl (C=O) groups excluding carboxylic acids is 1. The summed E-state index contributed by atoms with van der Waals surface area (Å²) in [5.74, 6) is 0.641. The largest absolute Gasteiger partial charge is 0.479 e. The predicted octanol–water partition coefficient (Wildman–Crippen LogP) is 3.87. The third-order valence-electron chi connectivity index (χ3n) is 3.15. The fraction of sp³-hybridized carbons (Fsp3) is 0.294. The Hall–Kier alpha value is -1.98. The fourth-order valence-electron chi connectivity index (χ4n) is 1.97. The van der Waals surface area contributed by atoms with E-state index >= 15 is 0 Å². The summed E-state index contributed by atoms with van der Waals surface area (Å²) in [7, 11) is 0. The third-order valence-corrected chi connectivity index (χ3v) is 3.68. The maximum atomic E-state index is 12.2. The number of amides is 1. The maximum Gasteiger partial charge on any atom is 0.261 e. The van der Waals surface area contributed by atoms with Crippen molar-refractivity contribution < 1.29 is 14.3 Å². The molecule has 1 atom stereocenters. The Bertz CT molecular complexity index is 710. The average molecular weight is 369 g/mol. The van der Waals surface area contributed by atoms with Crippen LogP contribution >= 0.6 is 23.2 Å². The van der Waals surface area contributed by atoms with Crippen LogP contribution in [0.3, 0.4) is 0 Å². The predicted molar refractivity (Wildman–Crippen MR) is 93.8 cm³/mol. The Morgan fingerprint density at radius 1 is 1.33 bits per heavy atom. The van der Waals surface area contributed by atoms with Crippen LogP contribution < -0.4 is 14.8 Å². The van der Waals surface area contributed by atoms with Crippen LogP contribution in [0.1, 0.15) is 19.4 Å². The van der Waals surface area contributed by atoms with Crippen LogP contribution in [0.2, 0.25) is 10.0 Å². The SMILES string of the molecule is CCOc1ncccc1CNC(=O)C(C)Oc1ccc(Cl)cc1Cl. The lowest BCUT2D eigenvalue weighted by atomic mass is 10.2. The molecule has 1 amide bonds. The topological polar surface area (TPSA) is 60.5 Å². The number of ether oxygens (including phenoxy) is 2. The molecule has 0 aliphatic rings. The smallest absolute Gasteiger partial charge is 0.261 e. The first-order chi connectivity index (χ1) is 11.5. The normalized spacial score (nSPS) is 11.7. The van der Waals surface area contributed by atoms with Gasteiger partial charge in [-0.3, -0.25) is 4.79 Å². The summed E-state index contributed by atoms with van der Waals surface area (Å²) in [4.78, 5) is 16.3. The van der Waals surface area contributed by atoms with E-state index in [4.69, 9.17) is 32.7 Å². The summed E-state index contributed by atoms with van der Waals surface area (Å²) in [6.07, 6.45) is 0.931. The first-order valence-electron chi connectivity index (χ1n) is 7.47. The molecule has 0 saturated carbocycles. The van der Waals surface area contributed by atoms with Crippen molar-refractivity contribution in [2.24, 2.45) is 0 Å². The molecule has 0 fully saturated rings. The molecule has 1 heterocycles. The van der Waals surface area contributed by atoms with E-state index in [1.54, 1.807) is 37.4 Å². The quantitative estimate of drug-likeness (QED) is 0.805. The monoisotopic (exact) mass is 368 g/mol. The van der Waals surface area contributed by atoms with Crippen LogP contribution in [0.25, 0.3) is 0 Å². The van der Waals surface area contributed by atoms with E-state index in [0.717, 1.165) is 5.56 Å². The van der Waals surface area contributed by atoms with Crippen LogP contribution in [0.15, 0.2) is 36.5 Å². The minimum Gasteiger partial charge on any atom is -0.479 e. The van der Waals surface area contributed by atoms with Crippen LogP contribution in [0.4, 0.5) is 0 Å². The molecule has 0 bridgehead atoms. The highest BCUT2D eigenvalue weighted by atomic mass is 35.5. The number of halogens is 2. The molecule has 0 spiro atoms. The lowest BCUT2D eigenvalue weighted by molar-refractivity contribution is -0.127. The van der Waals surface area contributed by atoms with Gasteiger partial charge in [-0.1, -0.05) is 29.3 Å². The lowest BCUT2D eigenvalue weighted by Gasteiger charge is -2.16. The number of nitrogens with zero attached hydrogens (tertiary/aromatic N) is 1. The average Bonchev–Trinajstić information content (AvgIpc) is 2.56. The van der Waals surface area contributed by atoms with E-state index in [9.17, 15) is 4.79 Å². The van der Waals surface area contributed by atoms with Gasteiger partial charge in [-0.25, -0.2) is 4.98 Å². The molecule has 1 N–H and O–H groups in total. The summed E-state index contributed by atoms with van der Waals surface area (Å²) in [6, 6.07) is 8.48. The summed E-state index contributed by atoms with van der Waals surface area (Å²) in [5, 5.41) is 3.65. The zero-order chi connectivity index (χ0) is 17.5. The van der Waals surface area contributed by atoms with Gasteiger partial charge in [-0.05, 0) is 38.1 Å². The van der Waals surface area contributed by atoms with Gasteiger partial charge >= 0.3 is 0 Å². The second-order valence-electron chi connectivity index (χ2n) is 4.95. The van der Waals surface area contributed by atoms with Gasteiger partial charge in [0.2, 0.25) is 5.88 Å². The molecule has 0 radical (unpaired) electrons. The number of nitrogens with one attached hydrogen (secondary N) is 1. The summed E-state index contributed by atoms with van der Waals surface area (Å²) >= 11 is 11.9. The molecule has 128 valence electrons. The highest BCUT2D eigenvalue weighted by Crippen LogP contribution is 2.28. The number of aromatic nitrogens is 1. The van der Waals surface area contributed by atoms with Crippen molar-refractivity contribution in [3.8, 4) is 11.6 Å². The number of pyridine rings is 1. The van der Waals surface area contributed by atoms with Crippen molar-refractivity contribution in [1.82, 2.24) is 10.3 Å². The molecule has 1 aromatic carbocycles. The van der Waals surface area contributed by atoms with E-state index in [-0.39, 0.29) is 5.91 Å². The van der Waals surface area contributed by atoms with Crippen molar-refractivity contribution in [2.45, 2.75) is 26.5 Å². The molecular weight excluding hydrogens is 351 g/mol. The number of carbonyl (C=O) groups is 1. The van der Waals surface area contributed by atoms with E-state index in [1.807, 2.05) is 13.0 Å². The summed E-state index contributed by atoms with van der Waals surface area (Å²) in [5.41, 5.74) is 0.796. The van der Waals surface area contributed by atoms with Gasteiger partial charge in [0.15, 0.2) is 6.10 Å². The summed E-state index contributed by atoms with van der Waals surface area (Å²) < 4.78 is 11.0. The minimum atomic E-state index is -0.712. The Morgan fingerprint density at radius 2 is 2.12 bits per heavy atom. The molecule has 1 unspecified atom stereocenters. The maximum absolute atomic E-state index is 12.2. The zero-order valence-corrected chi connectivity index (χ0v) is 14.9. The first kappa shape index (κ1) is 18.4. The molecule has 5 nitrogen and oxygen atoms in total. The molecule has 1 aromatic heterocycles. The molecule has 2 rings (SSSR count). The van der Waals surface area contributed by atoms with Gasteiger partial charge in [0.1, 0.15) is 5.75 Å². The van der Waals surface area contributed by atoms with Crippen molar-refractivity contribution in [2.75, 3.05) is 6.61 Å². The second kappa shape index (κ2) is 8.76. The van der Waals surface area contributed by atoms with E-state index in [1.165, 1.54) is 0 Å². The second-order valence-corrected chi connectivity index (χ2v) is 5.80. The highest BCUT2D eigenvalue weighted by molar-refractivity contribution is 6.35. The van der Waals surface area contributed by atoms with Crippen LogP contribution in [-0.2, 0) is 11.3 Å². The van der Waals surface area contributed by atoms with Gasteiger partial charge in [-0.15, -0.1) is 0 Å². The Labute approximate surface area is 150 Å². The van der Waals surface area contributed by atoms with E-state index in [2.05, 4.69) is 10.3 Å². The van der Waals surface area contributed by atoms with Gasteiger partial charge in [-0.2, -0.15) is 0 Å². The van der Waals surface area contributed by atoms with Crippen molar-refractivity contribution in [3.05, 3.63) is 52.1 Å². The number of benzene rings is 1. The Kier molecular flexibility index (Phi) is 6.70. The van der Waals surface area contributed by atoms with Gasteiger partial charge < -0.3 is 14.8 Å². The first-order valence-corrected chi connectivity index (χ1v) is 8.23. The minimum absolute atomic E-state index is 0.271. The summed E-state index contributed by atoms with van der Waals surface area (Å²) in [6.45, 7) is 4.33. The molecule has 2 aromatic rings. The highest BCUT2D eigenvalue weighted by Gasteiger charge is 2.17. The third kappa shape index (κ3) is 5.01. The van der Waals surface area contributed by atoms with Crippen molar-refractivity contribution in [1.29, 1.82) is 0 Å². The van der Waals surface area contributed by atoms with Crippen LogP contribution in [-0.4, -0.2) is 23.6 Å². The van der Waals surface area contributed by atoms with Gasteiger partial charge in [0.25, 0.3) is 5.91 Å². The number of rotatable bonds is 7. The lowest BCUT2D eigenvalue weighted by Crippen LogP contribution is -2.36. The standard InChI is InChI=1S/C17H18Cl2N2O3/c1-3-23-17-12(5-4-8-20-17)10-21-16(22)11(2)24-15-7-6-13(18)9-14(15)19/h4-9,11H,3,10H2,1-2H3,(H,21,22). The Balaban J connectivity index is 1.94. The zero-order valence-electron chi connectivity index (χ0n) is 13.4. The molecule has 7 heteroatoms. The van der Waals surface area contributed by atoms with Gasteiger partial charge in [0, 0.05) is 23.3 Å².